The van der Waals surface area contributed by atoms with E-state index in [1.807, 2.05) is 6.07 Å². The Morgan fingerprint density at radius 2 is 1.60 bits per heavy atom. The van der Waals surface area contributed by atoms with Gasteiger partial charge in [0.05, 0.1) is 16.0 Å². The summed E-state index contributed by atoms with van der Waals surface area (Å²) in [6.45, 7) is 0.0611. The van der Waals surface area contributed by atoms with Crippen LogP contribution in [0.2, 0.25) is 5.02 Å². The molecule has 0 amide bonds. The van der Waals surface area contributed by atoms with Crippen LogP contribution in [0.15, 0.2) is 59.5 Å². The number of hydrogen-bond acceptors (Lipinski definition) is 4. The van der Waals surface area contributed by atoms with Gasteiger partial charge in [-0.05, 0) is 24.1 Å². The zero-order chi connectivity index (χ0) is 18.1. The lowest BCUT2D eigenvalue weighted by atomic mass is 10.1. The average Bonchev–Trinajstić information content (AvgIpc) is 2.74. The van der Waals surface area contributed by atoms with Gasteiger partial charge in [0.2, 0.25) is 10.0 Å². The van der Waals surface area contributed by atoms with E-state index in [-0.39, 0.29) is 35.2 Å². The van der Waals surface area contributed by atoms with Crippen molar-refractivity contribution in [2.45, 2.75) is 16.6 Å². The summed E-state index contributed by atoms with van der Waals surface area (Å²) >= 11 is 6.03. The first kappa shape index (κ1) is 18.4. The lowest BCUT2D eigenvalue weighted by Crippen LogP contribution is -2.33. The molecule has 2 aromatic carbocycles. The van der Waals surface area contributed by atoms with Gasteiger partial charge in [-0.15, -0.1) is 0 Å². The highest BCUT2D eigenvalue weighted by molar-refractivity contribution is 7.92. The van der Waals surface area contributed by atoms with Gasteiger partial charge in [-0.3, -0.25) is 0 Å². The quantitative estimate of drug-likeness (QED) is 0.795. The molecule has 0 N–H and O–H groups in total. The Kier molecular flexibility index (Phi) is 5.20. The lowest BCUT2D eigenvalue weighted by Gasteiger charge is -2.20. The normalized spacial score (nSPS) is 21.6. The van der Waals surface area contributed by atoms with Gasteiger partial charge >= 0.3 is 0 Å². The van der Waals surface area contributed by atoms with Crippen LogP contribution in [0.5, 0.6) is 0 Å². The van der Waals surface area contributed by atoms with Crippen molar-refractivity contribution in [3.8, 4) is 0 Å². The molecule has 0 aliphatic carbocycles. The van der Waals surface area contributed by atoms with E-state index >= 15 is 0 Å². The van der Waals surface area contributed by atoms with Gasteiger partial charge in [0.25, 0.3) is 0 Å². The largest absolute Gasteiger partial charge is 0.244 e. The van der Waals surface area contributed by atoms with Crippen LogP contribution < -0.4 is 0 Å². The van der Waals surface area contributed by atoms with E-state index in [1.54, 1.807) is 36.4 Å². The van der Waals surface area contributed by atoms with Gasteiger partial charge in [0.1, 0.15) is 4.90 Å². The van der Waals surface area contributed by atoms with Crippen molar-refractivity contribution >= 4 is 31.5 Å². The molecular formula is C17H18ClNO4S2. The molecule has 0 radical (unpaired) electrons. The Morgan fingerprint density at radius 1 is 0.960 bits per heavy atom. The third kappa shape index (κ3) is 3.74. The van der Waals surface area contributed by atoms with Gasteiger partial charge in [-0.2, -0.15) is 4.31 Å². The molecule has 0 bridgehead atoms. The van der Waals surface area contributed by atoms with Gasteiger partial charge in [-0.1, -0.05) is 54.1 Å². The number of sulfonamides is 1. The summed E-state index contributed by atoms with van der Waals surface area (Å²) in [6.07, 6.45) is 0.218. The van der Waals surface area contributed by atoms with Crippen molar-refractivity contribution in [1.82, 2.24) is 4.31 Å². The third-order valence-corrected chi connectivity index (χ3v) is 8.85. The Bertz CT molecular complexity index is 959. The van der Waals surface area contributed by atoms with Crippen molar-refractivity contribution in [2.75, 3.05) is 18.8 Å². The summed E-state index contributed by atoms with van der Waals surface area (Å²) in [5.74, 6) is -0.212. The van der Waals surface area contributed by atoms with E-state index in [1.165, 1.54) is 16.4 Å². The van der Waals surface area contributed by atoms with Gasteiger partial charge in [0.15, 0.2) is 9.84 Å². The van der Waals surface area contributed by atoms with Gasteiger partial charge in [0, 0.05) is 13.1 Å². The minimum Gasteiger partial charge on any atom is -0.228 e. The van der Waals surface area contributed by atoms with Crippen LogP contribution in [0.1, 0.15) is 17.2 Å². The van der Waals surface area contributed by atoms with E-state index < -0.39 is 25.1 Å². The van der Waals surface area contributed by atoms with Crippen molar-refractivity contribution in [3.05, 3.63) is 65.2 Å². The molecule has 1 fully saturated rings. The summed E-state index contributed by atoms with van der Waals surface area (Å²) in [5.41, 5.74) is 0.694. The third-order valence-electron chi connectivity index (χ3n) is 4.33. The van der Waals surface area contributed by atoms with Crippen LogP contribution in [-0.4, -0.2) is 40.0 Å². The Hall–Kier alpha value is -1.41. The average molecular weight is 400 g/mol. The number of rotatable bonds is 3. The fourth-order valence-corrected chi connectivity index (χ4v) is 6.86. The highest BCUT2D eigenvalue weighted by Crippen LogP contribution is 2.32. The molecule has 1 saturated heterocycles. The van der Waals surface area contributed by atoms with E-state index in [0.717, 1.165) is 0 Å². The molecule has 8 heteroatoms. The first-order chi connectivity index (χ1) is 11.8. The molecule has 0 aromatic heterocycles. The number of sulfone groups is 1. The van der Waals surface area contributed by atoms with Crippen LogP contribution in [0, 0.1) is 0 Å². The number of benzene rings is 2. The fourth-order valence-electron chi connectivity index (χ4n) is 3.00. The zero-order valence-corrected chi connectivity index (χ0v) is 15.8. The standard InChI is InChI=1S/C17H18ClNO4S2/c18-15-8-4-5-9-17(15)25(22,23)19-11-10-16(24(20,21)13-12-19)14-6-2-1-3-7-14/h1-9,16H,10-13H2/t16-/m0/s1. The molecule has 0 saturated carbocycles. The summed E-state index contributed by atoms with van der Waals surface area (Å²) in [4.78, 5) is 0.00669. The van der Waals surface area contributed by atoms with Crippen LogP contribution in [-0.2, 0) is 19.9 Å². The molecule has 1 aliphatic heterocycles. The number of halogens is 1. The summed E-state index contributed by atoms with van der Waals surface area (Å²) in [7, 11) is -7.27. The minimum absolute atomic E-state index is 0.00669. The van der Waals surface area contributed by atoms with E-state index in [9.17, 15) is 16.8 Å². The molecule has 0 spiro atoms. The predicted octanol–water partition coefficient (Wildman–Crippen LogP) is 2.89. The molecule has 2 aromatic rings. The first-order valence-corrected chi connectivity index (χ1v) is 11.4. The lowest BCUT2D eigenvalue weighted by molar-refractivity contribution is 0.428. The highest BCUT2D eigenvalue weighted by atomic mass is 35.5. The predicted molar refractivity (Wildman–Crippen MR) is 97.8 cm³/mol. The molecule has 1 heterocycles. The molecule has 25 heavy (non-hydrogen) atoms. The van der Waals surface area contributed by atoms with Gasteiger partial charge in [-0.25, -0.2) is 16.8 Å². The van der Waals surface area contributed by atoms with Crippen LogP contribution >= 0.6 is 11.6 Å². The van der Waals surface area contributed by atoms with Gasteiger partial charge < -0.3 is 0 Å². The topological polar surface area (TPSA) is 71.5 Å². The maximum absolute atomic E-state index is 12.9. The van der Waals surface area contributed by atoms with E-state index in [2.05, 4.69) is 0 Å². The highest BCUT2D eigenvalue weighted by Gasteiger charge is 2.36. The van der Waals surface area contributed by atoms with E-state index in [4.69, 9.17) is 11.6 Å². The van der Waals surface area contributed by atoms with Crippen LogP contribution in [0.4, 0.5) is 0 Å². The molecule has 5 nitrogen and oxygen atoms in total. The second kappa shape index (κ2) is 7.07. The molecule has 0 unspecified atom stereocenters. The van der Waals surface area contributed by atoms with Crippen molar-refractivity contribution < 1.29 is 16.8 Å². The zero-order valence-electron chi connectivity index (χ0n) is 13.4. The SMILES string of the molecule is O=S1(=O)CCN(S(=O)(=O)c2ccccc2Cl)CC[C@H]1c1ccccc1. The smallest absolute Gasteiger partial charge is 0.228 e. The minimum atomic E-state index is -3.83. The Morgan fingerprint density at radius 3 is 2.28 bits per heavy atom. The molecule has 1 atom stereocenters. The fraction of sp³-hybridized carbons (Fsp3) is 0.294. The Labute approximate surface area is 153 Å². The summed E-state index contributed by atoms with van der Waals surface area (Å²) in [5, 5.41) is -0.561. The monoisotopic (exact) mass is 399 g/mol. The Balaban J connectivity index is 1.92. The van der Waals surface area contributed by atoms with Crippen molar-refractivity contribution in [3.63, 3.8) is 0 Å². The van der Waals surface area contributed by atoms with Crippen LogP contribution in [0.3, 0.4) is 0 Å². The second-order valence-corrected chi connectivity index (χ2v) is 10.5. The maximum Gasteiger partial charge on any atom is 0.244 e. The van der Waals surface area contributed by atoms with Crippen LogP contribution in [0.25, 0.3) is 0 Å². The second-order valence-electron chi connectivity index (χ2n) is 5.89. The number of nitrogens with zero attached hydrogens (tertiary/aromatic N) is 1. The molecule has 3 rings (SSSR count). The first-order valence-electron chi connectivity index (χ1n) is 7.83. The molecular weight excluding hydrogens is 382 g/mol. The molecule has 134 valence electrons. The maximum atomic E-state index is 12.9. The van der Waals surface area contributed by atoms with Crippen molar-refractivity contribution in [2.24, 2.45) is 0 Å². The van der Waals surface area contributed by atoms with E-state index in [0.29, 0.717) is 5.56 Å². The summed E-state index contributed by atoms with van der Waals surface area (Å²) in [6, 6.07) is 15.1. The molecule has 1 aliphatic rings. The number of hydrogen-bond donors (Lipinski definition) is 0. The van der Waals surface area contributed by atoms with Crippen molar-refractivity contribution in [1.29, 1.82) is 0 Å². The summed E-state index contributed by atoms with van der Waals surface area (Å²) < 4.78 is 52.2.